The van der Waals surface area contributed by atoms with Crippen molar-refractivity contribution in [3.05, 3.63) is 47.1 Å². The quantitative estimate of drug-likeness (QED) is 0.691. The summed E-state index contributed by atoms with van der Waals surface area (Å²) in [6.45, 7) is 2.06. The highest BCUT2D eigenvalue weighted by molar-refractivity contribution is 6.33. The summed E-state index contributed by atoms with van der Waals surface area (Å²) >= 11 is 5.90. The highest BCUT2D eigenvalue weighted by Crippen LogP contribution is 2.27. The SMILES string of the molecule is CCOC(=O)c1ccc(Oc2ccc(N)c(Cl)c2)nc1. The van der Waals surface area contributed by atoms with Gasteiger partial charge in [-0.1, -0.05) is 11.6 Å². The first-order valence-electron chi connectivity index (χ1n) is 5.96. The summed E-state index contributed by atoms with van der Waals surface area (Å²) in [7, 11) is 0. The van der Waals surface area contributed by atoms with Gasteiger partial charge in [-0.05, 0) is 25.1 Å². The third-order valence-electron chi connectivity index (χ3n) is 2.44. The monoisotopic (exact) mass is 292 g/mol. The van der Waals surface area contributed by atoms with Gasteiger partial charge in [0.15, 0.2) is 0 Å². The predicted octanol–water partition coefficient (Wildman–Crippen LogP) is 3.29. The molecule has 0 fully saturated rings. The van der Waals surface area contributed by atoms with Gasteiger partial charge >= 0.3 is 5.97 Å². The second-order valence-electron chi connectivity index (χ2n) is 3.89. The normalized spacial score (nSPS) is 10.1. The van der Waals surface area contributed by atoms with Crippen LogP contribution in [-0.4, -0.2) is 17.6 Å². The fourth-order valence-electron chi connectivity index (χ4n) is 1.47. The molecular weight excluding hydrogens is 280 g/mol. The summed E-state index contributed by atoms with van der Waals surface area (Å²) in [5.41, 5.74) is 6.46. The van der Waals surface area contributed by atoms with Gasteiger partial charge in [-0.15, -0.1) is 0 Å². The van der Waals surface area contributed by atoms with E-state index in [0.717, 1.165) is 0 Å². The summed E-state index contributed by atoms with van der Waals surface area (Å²) in [6, 6.07) is 8.08. The molecule has 6 heteroatoms. The van der Waals surface area contributed by atoms with E-state index in [4.69, 9.17) is 26.8 Å². The molecule has 1 aromatic heterocycles. The van der Waals surface area contributed by atoms with Gasteiger partial charge in [-0.2, -0.15) is 0 Å². The number of halogens is 1. The number of pyridine rings is 1. The first-order valence-corrected chi connectivity index (χ1v) is 6.34. The van der Waals surface area contributed by atoms with Gasteiger partial charge in [0.2, 0.25) is 5.88 Å². The van der Waals surface area contributed by atoms with Crippen molar-refractivity contribution in [3.63, 3.8) is 0 Å². The van der Waals surface area contributed by atoms with Crippen LogP contribution < -0.4 is 10.5 Å². The zero-order valence-corrected chi connectivity index (χ0v) is 11.6. The Bertz CT molecular complexity index is 614. The van der Waals surface area contributed by atoms with Crippen LogP contribution in [0.25, 0.3) is 0 Å². The van der Waals surface area contributed by atoms with E-state index in [2.05, 4.69) is 4.98 Å². The molecule has 1 heterocycles. The van der Waals surface area contributed by atoms with Crippen LogP contribution in [0.4, 0.5) is 5.69 Å². The molecule has 1 aromatic carbocycles. The first kappa shape index (κ1) is 14.1. The molecule has 2 N–H and O–H groups in total. The Hall–Kier alpha value is -2.27. The van der Waals surface area contributed by atoms with Crippen LogP contribution in [0.1, 0.15) is 17.3 Å². The first-order chi connectivity index (χ1) is 9.60. The van der Waals surface area contributed by atoms with Crippen molar-refractivity contribution >= 4 is 23.3 Å². The number of carbonyl (C=O) groups excluding carboxylic acids is 1. The van der Waals surface area contributed by atoms with E-state index in [9.17, 15) is 4.79 Å². The largest absolute Gasteiger partial charge is 0.462 e. The molecular formula is C14H13ClN2O3. The Labute approximate surface area is 121 Å². The lowest BCUT2D eigenvalue weighted by Crippen LogP contribution is -2.04. The number of anilines is 1. The van der Waals surface area contributed by atoms with Crippen LogP contribution in [0.5, 0.6) is 11.6 Å². The maximum absolute atomic E-state index is 11.5. The lowest BCUT2D eigenvalue weighted by atomic mass is 10.3. The number of carbonyl (C=O) groups is 1. The van der Waals surface area contributed by atoms with E-state index in [1.807, 2.05) is 0 Å². The Balaban J connectivity index is 2.10. The number of hydrogen-bond donors (Lipinski definition) is 1. The molecule has 0 aliphatic rings. The third-order valence-corrected chi connectivity index (χ3v) is 2.77. The molecule has 0 aliphatic heterocycles. The van der Waals surface area contributed by atoms with Gasteiger partial charge in [0.25, 0.3) is 0 Å². The Kier molecular flexibility index (Phi) is 4.42. The van der Waals surface area contributed by atoms with E-state index >= 15 is 0 Å². The predicted molar refractivity (Wildman–Crippen MR) is 76.1 cm³/mol. The Morgan fingerprint density at radius 3 is 2.75 bits per heavy atom. The number of nitrogens with two attached hydrogens (primary N) is 1. The number of nitrogens with zero attached hydrogens (tertiary/aromatic N) is 1. The average Bonchev–Trinajstić information content (AvgIpc) is 2.44. The zero-order valence-electron chi connectivity index (χ0n) is 10.8. The van der Waals surface area contributed by atoms with Crippen LogP contribution in [0, 0.1) is 0 Å². The molecule has 0 radical (unpaired) electrons. The molecule has 0 aliphatic carbocycles. The third kappa shape index (κ3) is 3.39. The molecule has 2 aromatic rings. The summed E-state index contributed by atoms with van der Waals surface area (Å²) < 4.78 is 10.4. The molecule has 0 unspecified atom stereocenters. The van der Waals surface area contributed by atoms with Crippen molar-refractivity contribution in [2.24, 2.45) is 0 Å². The van der Waals surface area contributed by atoms with Crippen molar-refractivity contribution in [1.29, 1.82) is 0 Å². The van der Waals surface area contributed by atoms with Crippen molar-refractivity contribution in [1.82, 2.24) is 4.98 Å². The summed E-state index contributed by atoms with van der Waals surface area (Å²) in [5, 5.41) is 0.408. The number of hydrogen-bond acceptors (Lipinski definition) is 5. The van der Waals surface area contributed by atoms with Crippen molar-refractivity contribution < 1.29 is 14.3 Å². The van der Waals surface area contributed by atoms with Crippen molar-refractivity contribution in [3.8, 4) is 11.6 Å². The van der Waals surface area contributed by atoms with Gasteiger partial charge in [-0.3, -0.25) is 0 Å². The maximum Gasteiger partial charge on any atom is 0.339 e. The number of nitrogen functional groups attached to an aromatic ring is 1. The molecule has 0 bridgehead atoms. The number of benzene rings is 1. The molecule has 0 amide bonds. The second-order valence-corrected chi connectivity index (χ2v) is 4.30. The topological polar surface area (TPSA) is 74.4 Å². The summed E-state index contributed by atoms with van der Waals surface area (Å²) in [4.78, 5) is 15.5. The van der Waals surface area contributed by atoms with Gasteiger partial charge in [0.1, 0.15) is 5.75 Å². The van der Waals surface area contributed by atoms with Gasteiger partial charge < -0.3 is 15.2 Å². The van der Waals surface area contributed by atoms with E-state index in [-0.39, 0.29) is 0 Å². The molecule has 2 rings (SSSR count). The smallest absolute Gasteiger partial charge is 0.339 e. The van der Waals surface area contributed by atoms with Crippen LogP contribution in [-0.2, 0) is 4.74 Å². The number of rotatable bonds is 4. The van der Waals surface area contributed by atoms with E-state index in [1.165, 1.54) is 6.20 Å². The van der Waals surface area contributed by atoms with Gasteiger partial charge in [0, 0.05) is 18.3 Å². The average molecular weight is 293 g/mol. The summed E-state index contributed by atoms with van der Waals surface area (Å²) in [6.07, 6.45) is 1.40. The van der Waals surface area contributed by atoms with E-state index < -0.39 is 5.97 Å². The van der Waals surface area contributed by atoms with Crippen LogP contribution >= 0.6 is 11.6 Å². The molecule has 0 saturated carbocycles. The van der Waals surface area contributed by atoms with Gasteiger partial charge in [0.05, 0.1) is 22.9 Å². The van der Waals surface area contributed by atoms with Gasteiger partial charge in [-0.25, -0.2) is 9.78 Å². The maximum atomic E-state index is 11.5. The lowest BCUT2D eigenvalue weighted by molar-refractivity contribution is 0.0526. The van der Waals surface area contributed by atoms with Crippen molar-refractivity contribution in [2.45, 2.75) is 6.92 Å². The number of esters is 1. The zero-order chi connectivity index (χ0) is 14.5. The highest BCUT2D eigenvalue weighted by atomic mass is 35.5. The minimum Gasteiger partial charge on any atom is -0.462 e. The Morgan fingerprint density at radius 2 is 2.15 bits per heavy atom. The van der Waals surface area contributed by atoms with Crippen LogP contribution in [0.2, 0.25) is 5.02 Å². The minimum atomic E-state index is -0.415. The van der Waals surface area contributed by atoms with Crippen LogP contribution in [0.3, 0.4) is 0 Å². The molecule has 0 atom stereocenters. The summed E-state index contributed by atoms with van der Waals surface area (Å²) in [5.74, 6) is 0.446. The van der Waals surface area contributed by atoms with E-state index in [0.29, 0.717) is 34.5 Å². The highest BCUT2D eigenvalue weighted by Gasteiger charge is 2.08. The molecule has 0 spiro atoms. The van der Waals surface area contributed by atoms with E-state index in [1.54, 1.807) is 37.3 Å². The standard InChI is InChI=1S/C14H13ClN2O3/c1-2-19-14(18)9-3-6-13(17-8-9)20-10-4-5-12(16)11(15)7-10/h3-8H,2,16H2,1H3. The lowest BCUT2D eigenvalue weighted by Gasteiger charge is -2.07. The van der Waals surface area contributed by atoms with Crippen LogP contribution in [0.15, 0.2) is 36.5 Å². The molecule has 5 nitrogen and oxygen atoms in total. The fraction of sp³-hybridized carbons (Fsp3) is 0.143. The molecule has 104 valence electrons. The minimum absolute atomic E-state index is 0.320. The van der Waals surface area contributed by atoms with Crippen molar-refractivity contribution in [2.75, 3.05) is 12.3 Å². The molecule has 0 saturated heterocycles. The number of ether oxygens (including phenoxy) is 2. The second kappa shape index (κ2) is 6.25. The fourth-order valence-corrected chi connectivity index (χ4v) is 1.64. The Morgan fingerprint density at radius 1 is 1.35 bits per heavy atom. The number of aromatic nitrogens is 1. The molecule has 20 heavy (non-hydrogen) atoms.